The van der Waals surface area contributed by atoms with Crippen LogP contribution in [0.2, 0.25) is 0 Å². The molecule has 4 nitrogen and oxygen atoms in total. The molecule has 0 spiro atoms. The van der Waals surface area contributed by atoms with E-state index in [1.165, 1.54) is 6.92 Å². The van der Waals surface area contributed by atoms with Crippen LogP contribution in [0.1, 0.15) is 6.92 Å². The number of hydrogen-bond acceptors (Lipinski definition) is 4. The van der Waals surface area contributed by atoms with Gasteiger partial charge in [-0.15, -0.1) is 0 Å². The molecular weight excluding hydrogens is 208 g/mol. The van der Waals surface area contributed by atoms with Crippen molar-refractivity contribution in [1.29, 1.82) is 0 Å². The zero-order chi connectivity index (χ0) is 12.0. The van der Waals surface area contributed by atoms with E-state index < -0.39 is 12.3 Å². The Labute approximate surface area is 94.1 Å². The molecule has 86 valence electrons. The van der Waals surface area contributed by atoms with E-state index >= 15 is 0 Å². The summed E-state index contributed by atoms with van der Waals surface area (Å²) >= 11 is 0. The average molecular weight is 222 g/mol. The van der Waals surface area contributed by atoms with Gasteiger partial charge in [0.15, 0.2) is 6.61 Å². The van der Waals surface area contributed by atoms with E-state index in [0.717, 1.165) is 0 Å². The number of rotatable bonds is 5. The van der Waals surface area contributed by atoms with Crippen LogP contribution in [0, 0.1) is 0 Å². The number of benzene rings is 1. The van der Waals surface area contributed by atoms with E-state index in [2.05, 4.69) is 6.58 Å². The molecule has 0 aliphatic heterocycles. The number of para-hydroxylation sites is 1. The highest BCUT2D eigenvalue weighted by Gasteiger charge is 2.10. The van der Waals surface area contributed by atoms with Gasteiger partial charge in [0.1, 0.15) is 5.75 Å². The average Bonchev–Trinajstić information content (AvgIpc) is 2.27. The van der Waals surface area contributed by atoms with Gasteiger partial charge in [0.05, 0.1) is 0 Å². The summed E-state index contributed by atoms with van der Waals surface area (Å²) in [5.41, 5.74) is 0.284. The van der Waals surface area contributed by atoms with Crippen LogP contribution in [0.25, 0.3) is 0 Å². The Kier molecular flexibility index (Phi) is 4.54. The van der Waals surface area contributed by atoms with Gasteiger partial charge >= 0.3 is 5.97 Å². The van der Waals surface area contributed by atoms with Crippen molar-refractivity contribution in [3.05, 3.63) is 42.5 Å². The maximum atomic E-state index is 11.0. The molecule has 0 amide bonds. The molecule has 16 heavy (non-hydrogen) atoms. The Balaban J connectivity index is 2.34. The summed E-state index contributed by atoms with van der Waals surface area (Å²) in [4.78, 5) is 11.0. The molecule has 0 bridgehead atoms. The van der Waals surface area contributed by atoms with Crippen LogP contribution >= 0.6 is 0 Å². The van der Waals surface area contributed by atoms with Gasteiger partial charge in [-0.2, -0.15) is 0 Å². The SMILES string of the molecule is C=C(C)C(=O)OCC(O)Oc1ccccc1. The fraction of sp³-hybridized carbons (Fsp3) is 0.250. The Morgan fingerprint density at radius 2 is 2.06 bits per heavy atom. The molecule has 4 heteroatoms. The van der Waals surface area contributed by atoms with Crippen LogP contribution in [0.15, 0.2) is 42.5 Å². The molecule has 0 heterocycles. The first kappa shape index (κ1) is 12.3. The predicted molar refractivity (Wildman–Crippen MR) is 58.8 cm³/mol. The molecule has 0 saturated carbocycles. The van der Waals surface area contributed by atoms with Crippen molar-refractivity contribution in [2.24, 2.45) is 0 Å². The van der Waals surface area contributed by atoms with Gasteiger partial charge in [0, 0.05) is 5.57 Å². The first-order valence-electron chi connectivity index (χ1n) is 4.82. The van der Waals surface area contributed by atoms with Gasteiger partial charge in [0.2, 0.25) is 6.29 Å². The lowest BCUT2D eigenvalue weighted by atomic mass is 10.3. The summed E-state index contributed by atoms with van der Waals surface area (Å²) in [7, 11) is 0. The molecule has 0 aliphatic carbocycles. The van der Waals surface area contributed by atoms with Crippen molar-refractivity contribution in [2.75, 3.05) is 6.61 Å². The van der Waals surface area contributed by atoms with Gasteiger partial charge in [-0.1, -0.05) is 24.8 Å². The molecule has 1 N–H and O–H groups in total. The third-order valence-corrected chi connectivity index (χ3v) is 1.72. The van der Waals surface area contributed by atoms with Gasteiger partial charge < -0.3 is 14.6 Å². The van der Waals surface area contributed by atoms with Crippen molar-refractivity contribution in [1.82, 2.24) is 0 Å². The Morgan fingerprint density at radius 1 is 1.44 bits per heavy atom. The standard InChI is InChI=1S/C12H14O4/c1-9(2)12(14)15-8-11(13)16-10-6-4-3-5-7-10/h3-7,11,13H,1,8H2,2H3. The van der Waals surface area contributed by atoms with Gasteiger partial charge in [-0.3, -0.25) is 0 Å². The van der Waals surface area contributed by atoms with E-state index in [0.29, 0.717) is 5.75 Å². The molecule has 0 saturated heterocycles. The van der Waals surface area contributed by atoms with E-state index in [9.17, 15) is 9.90 Å². The smallest absolute Gasteiger partial charge is 0.333 e. The second kappa shape index (κ2) is 5.92. The van der Waals surface area contributed by atoms with Crippen molar-refractivity contribution in [3.8, 4) is 5.75 Å². The van der Waals surface area contributed by atoms with Crippen molar-refractivity contribution >= 4 is 5.97 Å². The molecule has 1 aromatic carbocycles. The first-order chi connectivity index (χ1) is 7.59. The van der Waals surface area contributed by atoms with Gasteiger partial charge in [-0.25, -0.2) is 4.79 Å². The second-order valence-corrected chi connectivity index (χ2v) is 3.26. The maximum absolute atomic E-state index is 11.0. The first-order valence-corrected chi connectivity index (χ1v) is 4.82. The second-order valence-electron chi connectivity index (χ2n) is 3.26. The maximum Gasteiger partial charge on any atom is 0.333 e. The number of carbonyl (C=O) groups excluding carboxylic acids is 1. The topological polar surface area (TPSA) is 55.8 Å². The lowest BCUT2D eigenvalue weighted by Gasteiger charge is -2.13. The number of aliphatic hydroxyl groups excluding tert-OH is 1. The van der Waals surface area contributed by atoms with Gasteiger partial charge in [0.25, 0.3) is 0 Å². The third kappa shape index (κ3) is 4.14. The van der Waals surface area contributed by atoms with Crippen LogP contribution < -0.4 is 4.74 Å². The summed E-state index contributed by atoms with van der Waals surface area (Å²) < 4.78 is 9.82. The van der Waals surface area contributed by atoms with Crippen LogP contribution in [-0.4, -0.2) is 24.0 Å². The number of carbonyl (C=O) groups is 1. The largest absolute Gasteiger partial charge is 0.461 e. The van der Waals surface area contributed by atoms with Crippen molar-refractivity contribution < 1.29 is 19.4 Å². The van der Waals surface area contributed by atoms with Crippen molar-refractivity contribution in [3.63, 3.8) is 0 Å². The number of ether oxygens (including phenoxy) is 2. The summed E-state index contributed by atoms with van der Waals surface area (Å²) in [5, 5.41) is 9.40. The van der Waals surface area contributed by atoms with Crippen LogP contribution in [0.3, 0.4) is 0 Å². The van der Waals surface area contributed by atoms with Crippen LogP contribution in [0.4, 0.5) is 0 Å². The van der Waals surface area contributed by atoms with E-state index in [1.807, 2.05) is 6.07 Å². The lowest BCUT2D eigenvalue weighted by Crippen LogP contribution is -2.24. The fourth-order valence-corrected chi connectivity index (χ4v) is 0.960. The van der Waals surface area contributed by atoms with E-state index in [4.69, 9.17) is 9.47 Å². The quantitative estimate of drug-likeness (QED) is 0.466. The Morgan fingerprint density at radius 3 is 2.62 bits per heavy atom. The molecule has 0 fully saturated rings. The zero-order valence-electron chi connectivity index (χ0n) is 9.05. The lowest BCUT2D eigenvalue weighted by molar-refractivity contribution is -0.149. The summed E-state index contributed by atoms with van der Waals surface area (Å²) in [5.74, 6) is -0.0305. The summed E-state index contributed by atoms with van der Waals surface area (Å²) in [6, 6.07) is 8.79. The molecule has 0 aliphatic rings. The van der Waals surface area contributed by atoms with E-state index in [1.54, 1.807) is 24.3 Å². The minimum absolute atomic E-state index is 0.222. The molecular formula is C12H14O4. The number of hydrogen-bond donors (Lipinski definition) is 1. The Hall–Kier alpha value is -1.81. The third-order valence-electron chi connectivity index (χ3n) is 1.72. The normalized spacial score (nSPS) is 11.6. The minimum atomic E-state index is -1.18. The van der Waals surface area contributed by atoms with E-state index in [-0.39, 0.29) is 12.2 Å². The highest BCUT2D eigenvalue weighted by molar-refractivity contribution is 5.86. The predicted octanol–water partition coefficient (Wildman–Crippen LogP) is 1.50. The number of aliphatic hydroxyl groups is 1. The highest BCUT2D eigenvalue weighted by atomic mass is 16.6. The monoisotopic (exact) mass is 222 g/mol. The van der Waals surface area contributed by atoms with Gasteiger partial charge in [-0.05, 0) is 19.1 Å². The highest BCUT2D eigenvalue weighted by Crippen LogP contribution is 2.10. The van der Waals surface area contributed by atoms with Crippen LogP contribution in [-0.2, 0) is 9.53 Å². The minimum Gasteiger partial charge on any atom is -0.461 e. The summed E-state index contributed by atoms with van der Waals surface area (Å²) in [6.45, 7) is 4.73. The molecule has 1 aromatic rings. The molecule has 0 radical (unpaired) electrons. The molecule has 1 atom stereocenters. The molecule has 1 unspecified atom stereocenters. The fourth-order valence-electron chi connectivity index (χ4n) is 0.960. The zero-order valence-corrected chi connectivity index (χ0v) is 9.05. The number of esters is 1. The molecule has 1 rings (SSSR count). The Bertz CT molecular complexity index is 359. The summed E-state index contributed by atoms with van der Waals surface area (Å²) in [6.07, 6.45) is -1.18. The van der Waals surface area contributed by atoms with Crippen LogP contribution in [0.5, 0.6) is 5.75 Å². The van der Waals surface area contributed by atoms with Crippen molar-refractivity contribution in [2.45, 2.75) is 13.2 Å². The molecule has 0 aromatic heterocycles.